The smallest absolute Gasteiger partial charge is 0.507 e. The number of phenolic OH excluding ortho intramolecular Hbond substituents is 1. The van der Waals surface area contributed by atoms with Crippen LogP contribution in [0.4, 0.5) is 12.9 Å². The molecule has 0 heterocycles. The van der Waals surface area contributed by atoms with E-state index >= 15 is 0 Å². The van der Waals surface area contributed by atoms with Crippen LogP contribution in [0.2, 0.25) is 0 Å². The van der Waals surface area contributed by atoms with Crippen molar-refractivity contribution in [2.45, 2.75) is 0 Å². The number of hydrogen-bond acceptors (Lipinski definition) is 2. The van der Waals surface area contributed by atoms with Gasteiger partial charge in [0.15, 0.2) is 6.29 Å². The zero-order valence-electron chi connectivity index (χ0n) is 6.38. The second-order valence-electron chi connectivity index (χ2n) is 2.47. The Balaban J connectivity index is 3.37. The van der Waals surface area contributed by atoms with Gasteiger partial charge in [0.1, 0.15) is 5.75 Å². The quantitative estimate of drug-likeness (QED) is 0.561. The van der Waals surface area contributed by atoms with E-state index in [1.54, 1.807) is 0 Å². The molecular weight excluding hydrogens is 184 g/mol. The molecule has 0 saturated carbocycles. The van der Waals surface area contributed by atoms with Gasteiger partial charge in [0, 0.05) is 5.56 Å². The second kappa shape index (κ2) is 3.12. The molecule has 0 radical (unpaired) electrons. The summed E-state index contributed by atoms with van der Waals surface area (Å²) in [4.78, 5) is 10.2. The summed E-state index contributed by atoms with van der Waals surface area (Å²) in [7, 11) is 0. The molecule has 0 saturated heterocycles. The molecule has 0 aromatic heterocycles. The maximum atomic E-state index is 12.2. The van der Waals surface area contributed by atoms with E-state index in [-0.39, 0.29) is 6.29 Å². The van der Waals surface area contributed by atoms with Gasteiger partial charge in [0.05, 0.1) is 0 Å². The van der Waals surface area contributed by atoms with Crippen molar-refractivity contribution >= 4 is 18.7 Å². The van der Waals surface area contributed by atoms with Crippen molar-refractivity contribution in [2.24, 2.45) is 0 Å². The molecule has 1 rings (SSSR count). The minimum absolute atomic E-state index is 0.0000926. The van der Waals surface area contributed by atoms with Gasteiger partial charge in [-0.15, -0.1) is 0 Å². The lowest BCUT2D eigenvalue weighted by atomic mass is 9.77. The molecule has 1 N–H and O–H groups in total. The number of hydrogen-bond donors (Lipinski definition) is 1. The molecule has 0 aliphatic heterocycles. The largest absolute Gasteiger partial charge is 0.510 e. The van der Waals surface area contributed by atoms with E-state index in [9.17, 15) is 17.7 Å². The van der Waals surface area contributed by atoms with Crippen molar-refractivity contribution in [3.05, 3.63) is 23.8 Å². The number of aromatic hydroxyl groups is 1. The molecule has 70 valence electrons. The fraction of sp³-hybridized carbons (Fsp3) is 0. The molecule has 0 fully saturated rings. The average molecular weight is 189 g/mol. The molecule has 2 nitrogen and oxygen atoms in total. The van der Waals surface area contributed by atoms with Crippen molar-refractivity contribution in [3.8, 4) is 5.75 Å². The fourth-order valence-electron chi connectivity index (χ4n) is 0.984. The predicted molar refractivity (Wildman–Crippen MR) is 42.2 cm³/mol. The van der Waals surface area contributed by atoms with E-state index in [1.165, 1.54) is 0 Å². The minimum Gasteiger partial charge on any atom is -0.507 e. The lowest BCUT2D eigenvalue weighted by molar-refractivity contribution is 0.112. The van der Waals surface area contributed by atoms with Crippen molar-refractivity contribution in [3.63, 3.8) is 0 Å². The fourth-order valence-corrected chi connectivity index (χ4v) is 0.984. The Hall–Kier alpha value is -1.46. The van der Waals surface area contributed by atoms with Crippen LogP contribution in [-0.4, -0.2) is 18.4 Å². The Morgan fingerprint density at radius 1 is 1.31 bits per heavy atom. The van der Waals surface area contributed by atoms with Gasteiger partial charge in [-0.3, -0.25) is 4.79 Å². The van der Waals surface area contributed by atoms with E-state index in [2.05, 4.69) is 0 Å². The first-order valence-corrected chi connectivity index (χ1v) is 3.44. The lowest BCUT2D eigenvalue weighted by Gasteiger charge is -2.17. The molecule has 0 atom stereocenters. The zero-order valence-corrected chi connectivity index (χ0v) is 6.38. The zero-order chi connectivity index (χ0) is 10.1. The number of phenols is 1. The summed E-state index contributed by atoms with van der Waals surface area (Å²) in [5.41, 5.74) is -1.76. The second-order valence-corrected chi connectivity index (χ2v) is 2.47. The van der Waals surface area contributed by atoms with Gasteiger partial charge in [0.2, 0.25) is 0 Å². The summed E-state index contributed by atoms with van der Waals surface area (Å²) in [6, 6.07) is 2.85. The van der Waals surface area contributed by atoms with Crippen LogP contribution in [0.3, 0.4) is 0 Å². The van der Waals surface area contributed by atoms with E-state index in [4.69, 9.17) is 5.11 Å². The summed E-state index contributed by atoms with van der Waals surface area (Å²) >= 11 is 0. The molecule has 13 heavy (non-hydrogen) atoms. The Kier molecular flexibility index (Phi) is 2.31. The molecule has 0 amide bonds. The van der Waals surface area contributed by atoms with Gasteiger partial charge in [0.25, 0.3) is 0 Å². The van der Waals surface area contributed by atoms with Gasteiger partial charge in [-0.05, 0) is 6.07 Å². The Bertz CT molecular complexity index is 335. The monoisotopic (exact) mass is 189 g/mol. The molecule has 6 heteroatoms. The van der Waals surface area contributed by atoms with Crippen LogP contribution in [0, 0.1) is 0 Å². The number of rotatable bonds is 2. The van der Waals surface area contributed by atoms with Crippen LogP contribution in [0.5, 0.6) is 5.75 Å². The first kappa shape index (κ1) is 9.63. The predicted octanol–water partition coefficient (Wildman–Crippen LogP) is 1.26. The number of carbonyl (C=O) groups excluding carboxylic acids is 1. The summed E-state index contributed by atoms with van der Waals surface area (Å²) in [6.45, 7) is -5.25. The van der Waals surface area contributed by atoms with Crippen LogP contribution < -0.4 is 5.46 Å². The molecule has 0 aliphatic carbocycles. The van der Waals surface area contributed by atoms with E-state index in [0.29, 0.717) is 0 Å². The normalized spacial score (nSPS) is 11.3. The molecule has 1 aromatic rings. The molecule has 0 aliphatic rings. The third-order valence-corrected chi connectivity index (χ3v) is 1.59. The molecule has 0 unspecified atom stereocenters. The van der Waals surface area contributed by atoms with E-state index in [1.807, 2.05) is 0 Å². The highest BCUT2D eigenvalue weighted by atomic mass is 19.4. The van der Waals surface area contributed by atoms with Crippen LogP contribution in [0.15, 0.2) is 18.2 Å². The van der Waals surface area contributed by atoms with Gasteiger partial charge < -0.3 is 18.1 Å². The van der Waals surface area contributed by atoms with Crippen LogP contribution in [0.1, 0.15) is 10.4 Å². The third kappa shape index (κ3) is 1.82. The van der Waals surface area contributed by atoms with Gasteiger partial charge >= 0.3 is 6.98 Å². The molecule has 1 aromatic carbocycles. The SMILES string of the molecule is O=Cc1c(O)cccc1[B-](F)(F)F. The van der Waals surface area contributed by atoms with Crippen LogP contribution >= 0.6 is 0 Å². The van der Waals surface area contributed by atoms with Crippen LogP contribution in [0.25, 0.3) is 0 Å². The standard InChI is InChI=1S/C7H5BF3O2/c9-8(10,11)6-2-1-3-7(13)5(6)4-12/h1-4,13H/q-1. The molecular formula is C7H5BF3O2-. The van der Waals surface area contributed by atoms with Gasteiger partial charge in [-0.25, -0.2) is 0 Å². The number of benzene rings is 1. The highest BCUT2D eigenvalue weighted by molar-refractivity contribution is 6.74. The summed E-state index contributed by atoms with van der Waals surface area (Å²) in [5, 5.41) is 8.93. The summed E-state index contributed by atoms with van der Waals surface area (Å²) in [6.07, 6.45) is -0.0000926. The first-order valence-electron chi connectivity index (χ1n) is 3.44. The lowest BCUT2D eigenvalue weighted by Crippen LogP contribution is -2.36. The van der Waals surface area contributed by atoms with E-state index in [0.717, 1.165) is 18.2 Å². The average Bonchev–Trinajstić information content (AvgIpc) is 2.02. The maximum Gasteiger partial charge on any atom is 0.510 e. The van der Waals surface area contributed by atoms with Crippen molar-refractivity contribution in [1.29, 1.82) is 0 Å². The Labute approximate surface area is 72.1 Å². The third-order valence-electron chi connectivity index (χ3n) is 1.59. The molecule has 0 spiro atoms. The molecule has 0 bridgehead atoms. The Morgan fingerprint density at radius 3 is 2.31 bits per heavy atom. The highest BCUT2D eigenvalue weighted by Crippen LogP contribution is 2.17. The summed E-state index contributed by atoms with van der Waals surface area (Å²) < 4.78 is 36.6. The maximum absolute atomic E-state index is 12.2. The van der Waals surface area contributed by atoms with Gasteiger partial charge in [-0.1, -0.05) is 17.6 Å². The number of halogens is 3. The van der Waals surface area contributed by atoms with E-state index < -0.39 is 23.8 Å². The Morgan fingerprint density at radius 2 is 1.92 bits per heavy atom. The van der Waals surface area contributed by atoms with Crippen LogP contribution in [-0.2, 0) is 0 Å². The first-order chi connectivity index (χ1) is 5.96. The number of carbonyl (C=O) groups is 1. The topological polar surface area (TPSA) is 37.3 Å². The van der Waals surface area contributed by atoms with Gasteiger partial charge in [-0.2, -0.15) is 0 Å². The minimum atomic E-state index is -5.25. The summed E-state index contributed by atoms with van der Waals surface area (Å²) in [5.74, 6) is -0.647. The van der Waals surface area contributed by atoms with Crippen molar-refractivity contribution < 1.29 is 22.8 Å². The number of aldehydes is 1. The highest BCUT2D eigenvalue weighted by Gasteiger charge is 2.29. The van der Waals surface area contributed by atoms with Crippen molar-refractivity contribution in [2.75, 3.05) is 0 Å². The van der Waals surface area contributed by atoms with Crippen molar-refractivity contribution in [1.82, 2.24) is 0 Å².